The second kappa shape index (κ2) is 14.8. The summed E-state index contributed by atoms with van der Waals surface area (Å²) in [5.41, 5.74) is 8.07. The first-order valence-corrected chi connectivity index (χ1v) is 20.5. The minimum atomic E-state index is -0.0288. The third-order valence-electron chi connectivity index (χ3n) is 11.9. The van der Waals surface area contributed by atoms with Crippen LogP contribution in [-0.2, 0) is 0 Å². The largest absolute Gasteiger partial charge is 0.329 e. The molecule has 0 bridgehead atoms. The molecule has 0 radical (unpaired) electrons. The summed E-state index contributed by atoms with van der Waals surface area (Å²) >= 11 is 0. The Hall–Kier alpha value is -7.89. The molecule has 0 spiro atoms. The molecule has 0 aliphatic carbocycles. The molecule has 60 heavy (non-hydrogen) atoms. The fraction of sp³-hybridized carbons (Fsp3) is 0.0364. The molecule has 5 heteroatoms. The van der Waals surface area contributed by atoms with Gasteiger partial charge in [0.1, 0.15) is 0 Å². The van der Waals surface area contributed by atoms with Gasteiger partial charge in [-0.1, -0.05) is 121 Å². The van der Waals surface area contributed by atoms with Crippen molar-refractivity contribution in [3.05, 3.63) is 218 Å². The summed E-state index contributed by atoms with van der Waals surface area (Å²) in [6.07, 6.45) is 0. The maximum absolute atomic E-state index is 14.1. The highest BCUT2D eigenvalue weighted by Crippen LogP contribution is 2.40. The standard InChI is InChI=1S/C55H40N4O/c60-55-56(43-23-27-47(28-24-43)58(45-13-3-1-4-14-45)49-31-33-53-41(37-49)21-19-39-11-7-9-17-51(39)53)35-36-57(55)44-25-29-48(30-26-44)59(46-15-5-2-6-16-46)50-32-34-54-42(38-50)22-20-40-12-8-10-18-52(40)54/h1-34,37-38H,35-36H2. The number of carbonyl (C=O) groups is 1. The Balaban J connectivity index is 0.863. The first-order chi connectivity index (χ1) is 29.7. The quantitative estimate of drug-likeness (QED) is 0.144. The maximum Gasteiger partial charge on any atom is 0.329 e. The molecule has 286 valence electrons. The van der Waals surface area contributed by atoms with Crippen LogP contribution in [0.15, 0.2) is 218 Å². The lowest BCUT2D eigenvalue weighted by Gasteiger charge is -2.27. The van der Waals surface area contributed by atoms with Crippen LogP contribution in [0.3, 0.4) is 0 Å². The van der Waals surface area contributed by atoms with E-state index in [4.69, 9.17) is 0 Å². The number of amides is 2. The van der Waals surface area contributed by atoms with E-state index in [0.29, 0.717) is 13.1 Å². The van der Waals surface area contributed by atoms with Crippen molar-refractivity contribution in [3.63, 3.8) is 0 Å². The smallest absolute Gasteiger partial charge is 0.310 e. The van der Waals surface area contributed by atoms with E-state index in [9.17, 15) is 4.79 Å². The van der Waals surface area contributed by atoms with Crippen LogP contribution in [0.5, 0.6) is 0 Å². The van der Waals surface area contributed by atoms with Crippen LogP contribution in [0.25, 0.3) is 43.1 Å². The minimum absolute atomic E-state index is 0.0288. The summed E-state index contributed by atoms with van der Waals surface area (Å²) in [6, 6.07) is 76.8. The Bertz CT molecular complexity index is 2970. The number of fused-ring (bicyclic) bond motifs is 6. The van der Waals surface area contributed by atoms with Gasteiger partial charge >= 0.3 is 6.03 Å². The Morgan fingerprint density at radius 3 is 1.07 bits per heavy atom. The molecule has 0 saturated carbocycles. The lowest BCUT2D eigenvalue weighted by Crippen LogP contribution is -2.31. The van der Waals surface area contributed by atoms with Crippen molar-refractivity contribution in [2.45, 2.75) is 0 Å². The van der Waals surface area contributed by atoms with Crippen molar-refractivity contribution in [1.82, 2.24) is 0 Å². The molecular formula is C55H40N4O. The van der Waals surface area contributed by atoms with Crippen molar-refractivity contribution in [1.29, 1.82) is 0 Å². The fourth-order valence-corrected chi connectivity index (χ4v) is 8.91. The normalized spacial score (nSPS) is 12.8. The van der Waals surface area contributed by atoms with Gasteiger partial charge in [0.05, 0.1) is 0 Å². The predicted octanol–water partition coefficient (Wildman–Crippen LogP) is 14.7. The first-order valence-electron chi connectivity index (χ1n) is 20.5. The van der Waals surface area contributed by atoms with Crippen LogP contribution in [0.4, 0.5) is 50.3 Å². The maximum atomic E-state index is 14.1. The van der Waals surface area contributed by atoms with Gasteiger partial charge in [-0.05, 0) is 140 Å². The number of hydrogen-bond acceptors (Lipinski definition) is 3. The Morgan fingerprint density at radius 1 is 0.300 bits per heavy atom. The molecular weight excluding hydrogens is 733 g/mol. The molecule has 10 aromatic rings. The average molecular weight is 773 g/mol. The zero-order valence-corrected chi connectivity index (χ0v) is 32.9. The van der Waals surface area contributed by atoms with E-state index in [1.807, 2.05) is 21.9 Å². The first kappa shape index (κ1) is 35.3. The van der Waals surface area contributed by atoms with E-state index in [2.05, 4.69) is 216 Å². The highest BCUT2D eigenvalue weighted by atomic mass is 16.2. The van der Waals surface area contributed by atoms with Crippen LogP contribution in [0.1, 0.15) is 0 Å². The van der Waals surface area contributed by atoms with Crippen LogP contribution in [-0.4, -0.2) is 19.1 Å². The molecule has 1 fully saturated rings. The summed E-state index contributed by atoms with van der Waals surface area (Å²) < 4.78 is 0. The lowest BCUT2D eigenvalue weighted by molar-refractivity contribution is 0.256. The highest BCUT2D eigenvalue weighted by molar-refractivity contribution is 6.10. The number of nitrogens with zero attached hydrogens (tertiary/aromatic N) is 4. The molecule has 11 rings (SSSR count). The predicted molar refractivity (Wildman–Crippen MR) is 252 cm³/mol. The van der Waals surface area contributed by atoms with E-state index < -0.39 is 0 Å². The highest BCUT2D eigenvalue weighted by Gasteiger charge is 2.31. The van der Waals surface area contributed by atoms with Gasteiger partial charge in [0.2, 0.25) is 0 Å². The van der Waals surface area contributed by atoms with Crippen molar-refractivity contribution in [3.8, 4) is 0 Å². The summed E-state index contributed by atoms with van der Waals surface area (Å²) in [4.78, 5) is 22.4. The van der Waals surface area contributed by atoms with Crippen LogP contribution in [0.2, 0.25) is 0 Å². The van der Waals surface area contributed by atoms with Crippen LogP contribution < -0.4 is 19.6 Å². The van der Waals surface area contributed by atoms with Crippen molar-refractivity contribution < 1.29 is 4.79 Å². The molecule has 1 saturated heterocycles. The number of rotatable bonds is 8. The van der Waals surface area contributed by atoms with Gasteiger partial charge in [0, 0.05) is 58.6 Å². The van der Waals surface area contributed by atoms with Crippen molar-refractivity contribution in [2.75, 3.05) is 32.7 Å². The molecule has 1 aliphatic heterocycles. The van der Waals surface area contributed by atoms with Gasteiger partial charge in [0.25, 0.3) is 0 Å². The monoisotopic (exact) mass is 772 g/mol. The molecule has 0 unspecified atom stereocenters. The number of benzene rings is 10. The minimum Gasteiger partial charge on any atom is -0.310 e. The Labute approximate surface area is 349 Å². The second-order valence-electron chi connectivity index (χ2n) is 15.3. The van der Waals surface area contributed by atoms with Crippen molar-refractivity contribution in [2.24, 2.45) is 0 Å². The molecule has 0 N–H and O–H groups in total. The second-order valence-corrected chi connectivity index (χ2v) is 15.3. The van der Waals surface area contributed by atoms with E-state index in [1.54, 1.807) is 0 Å². The Kier molecular flexibility index (Phi) is 8.71. The summed E-state index contributed by atoms with van der Waals surface area (Å²) in [6.45, 7) is 1.20. The van der Waals surface area contributed by atoms with E-state index in [0.717, 1.165) is 45.5 Å². The van der Waals surface area contributed by atoms with Gasteiger partial charge in [-0.25, -0.2) is 4.79 Å². The van der Waals surface area contributed by atoms with Crippen LogP contribution in [0, 0.1) is 0 Å². The van der Waals surface area contributed by atoms with Gasteiger partial charge in [-0.3, -0.25) is 9.80 Å². The van der Waals surface area contributed by atoms with Crippen molar-refractivity contribution >= 4 is 94.6 Å². The van der Waals surface area contributed by atoms with Crippen LogP contribution >= 0.6 is 0 Å². The molecule has 1 aliphatic rings. The van der Waals surface area contributed by atoms with Gasteiger partial charge in [-0.2, -0.15) is 0 Å². The molecule has 2 amide bonds. The molecule has 0 aromatic heterocycles. The van der Waals surface area contributed by atoms with Gasteiger partial charge in [0.15, 0.2) is 0 Å². The summed E-state index contributed by atoms with van der Waals surface area (Å²) in [5, 5.41) is 9.83. The Morgan fingerprint density at radius 2 is 0.633 bits per heavy atom. The number of carbonyl (C=O) groups excluding carboxylic acids is 1. The zero-order chi connectivity index (χ0) is 40.0. The summed E-state index contributed by atoms with van der Waals surface area (Å²) in [7, 11) is 0. The third-order valence-corrected chi connectivity index (χ3v) is 11.9. The number of para-hydroxylation sites is 2. The van der Waals surface area contributed by atoms with Gasteiger partial charge in [-0.15, -0.1) is 0 Å². The van der Waals surface area contributed by atoms with E-state index in [1.165, 1.54) is 43.1 Å². The molecule has 1 heterocycles. The zero-order valence-electron chi connectivity index (χ0n) is 32.9. The SMILES string of the molecule is O=C1N(c2ccc(N(c3ccccc3)c3ccc4c(ccc5ccccc54)c3)cc2)CCN1c1ccc(N(c2ccccc2)c2ccc3c(ccc4ccccc43)c2)cc1. The summed E-state index contributed by atoms with van der Waals surface area (Å²) in [5.74, 6) is 0. The molecule has 0 atom stereocenters. The third kappa shape index (κ3) is 6.25. The number of urea groups is 1. The molecule has 5 nitrogen and oxygen atoms in total. The number of hydrogen-bond donors (Lipinski definition) is 0. The number of anilines is 8. The lowest BCUT2D eigenvalue weighted by atomic mass is 10.0. The average Bonchev–Trinajstić information content (AvgIpc) is 3.70. The van der Waals surface area contributed by atoms with E-state index >= 15 is 0 Å². The topological polar surface area (TPSA) is 30.0 Å². The fourth-order valence-electron chi connectivity index (χ4n) is 8.91. The van der Waals surface area contributed by atoms with Gasteiger partial charge < -0.3 is 9.80 Å². The van der Waals surface area contributed by atoms with E-state index in [-0.39, 0.29) is 6.03 Å². The molecule has 10 aromatic carbocycles.